The van der Waals surface area contributed by atoms with Crippen LogP contribution in [-0.2, 0) is 17.5 Å². The minimum absolute atomic E-state index is 0.0742. The molecule has 1 aromatic heterocycles. The first-order valence-electron chi connectivity index (χ1n) is 9.20. The fourth-order valence-corrected chi connectivity index (χ4v) is 2.93. The number of carbonyl (C=O) groups excluding carboxylic acids is 1. The van der Waals surface area contributed by atoms with E-state index in [0.717, 1.165) is 18.2 Å². The third-order valence-electron chi connectivity index (χ3n) is 4.20. The molecule has 0 bridgehead atoms. The molecular formula is C19H29F3N4O2. The average Bonchev–Trinajstić information content (AvgIpc) is 2.88. The van der Waals surface area contributed by atoms with E-state index in [1.807, 2.05) is 13.1 Å². The Morgan fingerprint density at radius 1 is 1.25 bits per heavy atom. The number of likely N-dealkylation sites (N-methyl/N-ethyl adjacent to an activating group) is 1. The van der Waals surface area contributed by atoms with E-state index in [9.17, 15) is 18.0 Å². The molecule has 6 nitrogen and oxygen atoms in total. The van der Waals surface area contributed by atoms with Gasteiger partial charge in [-0.05, 0) is 59.7 Å². The number of hydrogen-bond donors (Lipinski definition) is 1. The largest absolute Gasteiger partial charge is 0.444 e. The number of halogens is 3. The maximum atomic E-state index is 13.2. The summed E-state index contributed by atoms with van der Waals surface area (Å²) >= 11 is 0. The van der Waals surface area contributed by atoms with E-state index in [4.69, 9.17) is 4.74 Å². The van der Waals surface area contributed by atoms with Crippen LogP contribution in [0.2, 0.25) is 0 Å². The van der Waals surface area contributed by atoms with Gasteiger partial charge in [0.15, 0.2) is 5.69 Å². The van der Waals surface area contributed by atoms with Crippen molar-refractivity contribution < 1.29 is 22.7 Å². The van der Waals surface area contributed by atoms with Gasteiger partial charge in [0.05, 0.1) is 17.8 Å². The van der Waals surface area contributed by atoms with Crippen molar-refractivity contribution in [3.63, 3.8) is 0 Å². The normalized spacial score (nSPS) is 16.7. The van der Waals surface area contributed by atoms with Gasteiger partial charge in [-0.25, -0.2) is 4.79 Å². The van der Waals surface area contributed by atoms with Crippen LogP contribution < -0.4 is 5.32 Å². The number of amides is 1. The quantitative estimate of drug-likeness (QED) is 0.829. The molecule has 0 atom stereocenters. The first kappa shape index (κ1) is 22.3. The molecule has 0 fully saturated rings. The van der Waals surface area contributed by atoms with Gasteiger partial charge < -0.3 is 15.0 Å². The number of carbonyl (C=O) groups is 1. The topological polar surface area (TPSA) is 59.4 Å². The number of alkyl carbamates (subject to hydrolysis) is 1. The fraction of sp³-hybridized carbons (Fsp3) is 0.684. The average molecular weight is 402 g/mol. The maximum Gasteiger partial charge on any atom is 0.435 e. The van der Waals surface area contributed by atoms with Gasteiger partial charge in [0.1, 0.15) is 5.60 Å². The van der Waals surface area contributed by atoms with Crippen molar-refractivity contribution in [1.82, 2.24) is 20.0 Å². The van der Waals surface area contributed by atoms with Gasteiger partial charge in [-0.2, -0.15) is 18.3 Å². The highest BCUT2D eigenvalue weighted by Crippen LogP contribution is 2.32. The van der Waals surface area contributed by atoms with Gasteiger partial charge >= 0.3 is 12.3 Å². The predicted octanol–water partition coefficient (Wildman–Crippen LogP) is 3.92. The maximum absolute atomic E-state index is 13.2. The second kappa shape index (κ2) is 7.77. The van der Waals surface area contributed by atoms with Gasteiger partial charge in [0.25, 0.3) is 0 Å². The highest BCUT2D eigenvalue weighted by atomic mass is 19.4. The lowest BCUT2D eigenvalue weighted by molar-refractivity contribution is -0.141. The lowest BCUT2D eigenvalue weighted by Crippen LogP contribution is -2.48. The third-order valence-corrected chi connectivity index (χ3v) is 4.20. The highest BCUT2D eigenvalue weighted by molar-refractivity contribution is 5.68. The molecule has 2 heterocycles. The second-order valence-electron chi connectivity index (χ2n) is 8.82. The predicted molar refractivity (Wildman–Crippen MR) is 101 cm³/mol. The van der Waals surface area contributed by atoms with Gasteiger partial charge in [0, 0.05) is 13.1 Å². The van der Waals surface area contributed by atoms with E-state index in [1.54, 1.807) is 34.6 Å². The van der Waals surface area contributed by atoms with Crippen LogP contribution in [0.5, 0.6) is 0 Å². The van der Waals surface area contributed by atoms with Crippen LogP contribution in [0.3, 0.4) is 0 Å². The Balaban J connectivity index is 2.28. The number of rotatable bonds is 4. The molecule has 28 heavy (non-hydrogen) atoms. The molecule has 9 heteroatoms. The van der Waals surface area contributed by atoms with Gasteiger partial charge in [0.2, 0.25) is 0 Å². The number of alkyl halides is 3. The van der Waals surface area contributed by atoms with Crippen molar-refractivity contribution in [2.24, 2.45) is 0 Å². The van der Waals surface area contributed by atoms with Crippen LogP contribution in [0.25, 0.3) is 5.57 Å². The Morgan fingerprint density at radius 2 is 1.89 bits per heavy atom. The minimum atomic E-state index is -4.53. The van der Waals surface area contributed by atoms with E-state index in [0.29, 0.717) is 18.7 Å². The van der Waals surface area contributed by atoms with Crippen LogP contribution in [0, 0.1) is 0 Å². The molecule has 0 saturated carbocycles. The molecule has 2 rings (SSSR count). The summed E-state index contributed by atoms with van der Waals surface area (Å²) in [6.07, 6.45) is -2.60. The molecule has 1 aromatic rings. The van der Waals surface area contributed by atoms with Crippen LogP contribution in [0.4, 0.5) is 18.0 Å². The molecule has 1 aliphatic heterocycles. The molecule has 0 aromatic carbocycles. The van der Waals surface area contributed by atoms with E-state index >= 15 is 0 Å². The van der Waals surface area contributed by atoms with Crippen LogP contribution >= 0.6 is 0 Å². The monoisotopic (exact) mass is 402 g/mol. The van der Waals surface area contributed by atoms with Crippen molar-refractivity contribution in [2.45, 2.75) is 64.9 Å². The van der Waals surface area contributed by atoms with Gasteiger partial charge in [-0.3, -0.25) is 4.68 Å². The van der Waals surface area contributed by atoms with Gasteiger partial charge in [-0.15, -0.1) is 0 Å². The number of nitrogens with one attached hydrogen (secondary N) is 1. The highest BCUT2D eigenvalue weighted by Gasteiger charge is 2.36. The summed E-state index contributed by atoms with van der Waals surface area (Å²) in [5, 5.41) is 6.50. The van der Waals surface area contributed by atoms with Crippen molar-refractivity contribution in [3.05, 3.63) is 23.5 Å². The number of ether oxygens (including phenoxy) is 1. The zero-order valence-electron chi connectivity index (χ0n) is 17.3. The van der Waals surface area contributed by atoms with Crippen molar-refractivity contribution in [3.8, 4) is 0 Å². The molecule has 0 unspecified atom stereocenters. The van der Waals surface area contributed by atoms with Crippen LogP contribution in [0.1, 0.15) is 52.4 Å². The molecule has 0 saturated heterocycles. The molecular weight excluding hydrogens is 373 g/mol. The zero-order chi connectivity index (χ0) is 21.3. The summed E-state index contributed by atoms with van der Waals surface area (Å²) in [7, 11) is 1.96. The Kier molecular flexibility index (Phi) is 6.18. The lowest BCUT2D eigenvalue weighted by Gasteiger charge is -2.29. The molecule has 0 radical (unpaired) electrons. The van der Waals surface area contributed by atoms with E-state index < -0.39 is 29.1 Å². The molecule has 0 aliphatic carbocycles. The Morgan fingerprint density at radius 3 is 2.39 bits per heavy atom. The first-order valence-corrected chi connectivity index (χ1v) is 9.20. The van der Waals surface area contributed by atoms with E-state index in [-0.39, 0.29) is 6.54 Å². The summed E-state index contributed by atoms with van der Waals surface area (Å²) in [5.41, 5.74) is -1.21. The zero-order valence-corrected chi connectivity index (χ0v) is 17.3. The number of hydrogen-bond acceptors (Lipinski definition) is 4. The molecule has 158 valence electrons. The third kappa shape index (κ3) is 6.25. The van der Waals surface area contributed by atoms with Crippen molar-refractivity contribution in [2.75, 3.05) is 20.1 Å². The first-order chi connectivity index (χ1) is 12.7. The van der Waals surface area contributed by atoms with E-state index in [2.05, 4.69) is 15.3 Å². The van der Waals surface area contributed by atoms with Gasteiger partial charge in [-0.1, -0.05) is 6.08 Å². The Labute approximate surface area is 163 Å². The summed E-state index contributed by atoms with van der Waals surface area (Å²) < 4.78 is 46.3. The standard InChI is InChI=1S/C19H29F3N4O2/c1-17(2,3)28-16(27)23-18(4,5)12-26-14(11-15(24-26)19(20,21)22)13-7-9-25(6)10-8-13/h7,11H,8-10,12H2,1-6H3,(H,23,27). The summed E-state index contributed by atoms with van der Waals surface area (Å²) in [4.78, 5) is 14.2. The molecule has 0 spiro atoms. The Hall–Kier alpha value is -2.03. The van der Waals surface area contributed by atoms with Crippen molar-refractivity contribution >= 4 is 11.7 Å². The smallest absolute Gasteiger partial charge is 0.435 e. The Bertz CT molecular complexity index is 745. The second-order valence-corrected chi connectivity index (χ2v) is 8.82. The summed E-state index contributed by atoms with van der Waals surface area (Å²) in [6, 6.07) is 1.08. The summed E-state index contributed by atoms with van der Waals surface area (Å²) in [6.45, 7) is 10.2. The van der Waals surface area contributed by atoms with Crippen molar-refractivity contribution in [1.29, 1.82) is 0 Å². The number of nitrogens with zero attached hydrogens (tertiary/aromatic N) is 3. The lowest BCUT2D eigenvalue weighted by atomic mass is 10.0. The van der Waals surface area contributed by atoms with Crippen LogP contribution in [0.15, 0.2) is 12.1 Å². The fourth-order valence-electron chi connectivity index (χ4n) is 2.93. The molecule has 1 N–H and O–H groups in total. The molecule has 1 aliphatic rings. The van der Waals surface area contributed by atoms with Crippen LogP contribution in [-0.4, -0.2) is 52.1 Å². The summed E-state index contributed by atoms with van der Waals surface area (Å²) in [5.74, 6) is 0. The molecule has 1 amide bonds. The minimum Gasteiger partial charge on any atom is -0.444 e. The SMILES string of the molecule is CN1CC=C(c2cc(C(F)(F)F)nn2CC(C)(C)NC(=O)OC(C)(C)C)CC1. The van der Waals surface area contributed by atoms with E-state index in [1.165, 1.54) is 4.68 Å². The number of aromatic nitrogens is 2.